The Hall–Kier alpha value is -1.44. The van der Waals surface area contributed by atoms with Gasteiger partial charge in [0.25, 0.3) is 0 Å². The molecule has 0 spiro atoms. The van der Waals surface area contributed by atoms with E-state index < -0.39 is 5.82 Å². The molecule has 0 aliphatic heterocycles. The van der Waals surface area contributed by atoms with Crippen molar-refractivity contribution >= 4 is 28.3 Å². The third-order valence-electron chi connectivity index (χ3n) is 1.82. The summed E-state index contributed by atoms with van der Waals surface area (Å²) >= 11 is 2.03. The predicted molar refractivity (Wildman–Crippen MR) is 65.6 cm³/mol. The van der Waals surface area contributed by atoms with E-state index in [9.17, 15) is 4.39 Å². The van der Waals surface area contributed by atoms with Crippen molar-refractivity contribution in [1.82, 2.24) is 9.97 Å². The SMILES string of the molecule is Nc1ccc(Oc2ncncc2I)cc1F. The highest BCUT2D eigenvalue weighted by Gasteiger charge is 2.06. The van der Waals surface area contributed by atoms with Crippen LogP contribution in [0.2, 0.25) is 0 Å². The number of hydrogen-bond acceptors (Lipinski definition) is 4. The van der Waals surface area contributed by atoms with Crippen molar-refractivity contribution in [2.75, 3.05) is 5.73 Å². The van der Waals surface area contributed by atoms with E-state index in [0.29, 0.717) is 11.6 Å². The van der Waals surface area contributed by atoms with Crippen molar-refractivity contribution in [3.63, 3.8) is 0 Å². The van der Waals surface area contributed by atoms with E-state index in [2.05, 4.69) is 9.97 Å². The Balaban J connectivity index is 2.28. The van der Waals surface area contributed by atoms with Gasteiger partial charge >= 0.3 is 0 Å². The van der Waals surface area contributed by atoms with Gasteiger partial charge in [-0.25, -0.2) is 14.4 Å². The number of rotatable bonds is 2. The molecule has 0 fully saturated rings. The molecule has 2 N–H and O–H groups in total. The van der Waals surface area contributed by atoms with Crippen LogP contribution in [-0.4, -0.2) is 9.97 Å². The van der Waals surface area contributed by atoms with Gasteiger partial charge in [-0.05, 0) is 34.7 Å². The third kappa shape index (κ3) is 2.38. The molecule has 0 radical (unpaired) electrons. The van der Waals surface area contributed by atoms with Crippen LogP contribution < -0.4 is 10.5 Å². The van der Waals surface area contributed by atoms with E-state index in [1.54, 1.807) is 12.3 Å². The summed E-state index contributed by atoms with van der Waals surface area (Å²) in [6.45, 7) is 0. The molecule has 2 rings (SSSR count). The zero-order valence-corrected chi connectivity index (χ0v) is 10.2. The van der Waals surface area contributed by atoms with Crippen LogP contribution >= 0.6 is 22.6 Å². The maximum absolute atomic E-state index is 13.1. The molecule has 0 atom stereocenters. The molecule has 16 heavy (non-hydrogen) atoms. The zero-order chi connectivity index (χ0) is 11.5. The molecule has 0 amide bonds. The lowest BCUT2D eigenvalue weighted by atomic mass is 10.3. The van der Waals surface area contributed by atoms with Crippen LogP contribution in [0.3, 0.4) is 0 Å². The van der Waals surface area contributed by atoms with E-state index >= 15 is 0 Å². The first-order chi connectivity index (χ1) is 7.66. The fourth-order valence-electron chi connectivity index (χ4n) is 1.06. The first-order valence-corrected chi connectivity index (χ1v) is 5.43. The number of benzene rings is 1. The largest absolute Gasteiger partial charge is 0.438 e. The molecule has 82 valence electrons. The van der Waals surface area contributed by atoms with Gasteiger partial charge in [-0.2, -0.15) is 0 Å². The highest BCUT2D eigenvalue weighted by molar-refractivity contribution is 14.1. The van der Waals surface area contributed by atoms with E-state index in [-0.39, 0.29) is 5.69 Å². The Morgan fingerprint density at radius 2 is 2.19 bits per heavy atom. The van der Waals surface area contributed by atoms with Crippen LogP contribution in [0.25, 0.3) is 0 Å². The lowest BCUT2D eigenvalue weighted by molar-refractivity contribution is 0.453. The van der Waals surface area contributed by atoms with Crippen LogP contribution in [0.1, 0.15) is 0 Å². The molecule has 1 heterocycles. The minimum Gasteiger partial charge on any atom is -0.438 e. The molecular weight excluding hydrogens is 324 g/mol. The second-order valence-electron chi connectivity index (χ2n) is 2.96. The fraction of sp³-hybridized carbons (Fsp3) is 0. The summed E-state index contributed by atoms with van der Waals surface area (Å²) in [5.74, 6) is 0.227. The second kappa shape index (κ2) is 4.60. The molecule has 6 heteroatoms. The number of ether oxygens (including phenoxy) is 1. The summed E-state index contributed by atoms with van der Waals surface area (Å²) in [6, 6.07) is 4.24. The van der Waals surface area contributed by atoms with Gasteiger partial charge in [-0.15, -0.1) is 0 Å². The van der Waals surface area contributed by atoms with Crippen LogP contribution in [0.15, 0.2) is 30.7 Å². The van der Waals surface area contributed by atoms with Crippen LogP contribution in [0.5, 0.6) is 11.6 Å². The highest BCUT2D eigenvalue weighted by Crippen LogP contribution is 2.25. The minimum absolute atomic E-state index is 0.0877. The molecular formula is C10H7FIN3O. The van der Waals surface area contributed by atoms with Gasteiger partial charge in [0.1, 0.15) is 17.9 Å². The van der Waals surface area contributed by atoms with Crippen molar-refractivity contribution in [3.8, 4) is 11.6 Å². The molecule has 2 aromatic rings. The molecule has 0 aliphatic rings. The Bertz CT molecular complexity index is 521. The summed E-state index contributed by atoms with van der Waals surface area (Å²) in [7, 11) is 0. The van der Waals surface area contributed by atoms with Crippen molar-refractivity contribution in [2.24, 2.45) is 0 Å². The molecule has 0 unspecified atom stereocenters. The summed E-state index contributed by atoms with van der Waals surface area (Å²) in [5.41, 5.74) is 5.44. The van der Waals surface area contributed by atoms with Crippen LogP contribution in [-0.2, 0) is 0 Å². The number of halogens is 2. The normalized spacial score (nSPS) is 10.1. The molecule has 4 nitrogen and oxygen atoms in total. The number of anilines is 1. The van der Waals surface area contributed by atoms with Crippen LogP contribution in [0.4, 0.5) is 10.1 Å². The Kier molecular flexibility index (Phi) is 3.18. The first-order valence-electron chi connectivity index (χ1n) is 4.35. The van der Waals surface area contributed by atoms with Gasteiger partial charge in [0.15, 0.2) is 0 Å². The number of aromatic nitrogens is 2. The van der Waals surface area contributed by atoms with Gasteiger partial charge in [0.2, 0.25) is 5.88 Å². The standard InChI is InChI=1S/C10H7FIN3O/c11-7-3-6(1-2-9(7)13)16-10-8(12)4-14-5-15-10/h1-5H,13H2. The molecule has 0 aliphatic carbocycles. The lowest BCUT2D eigenvalue weighted by Crippen LogP contribution is -1.94. The van der Waals surface area contributed by atoms with E-state index in [0.717, 1.165) is 3.57 Å². The van der Waals surface area contributed by atoms with E-state index in [1.165, 1.54) is 18.5 Å². The topological polar surface area (TPSA) is 61.0 Å². The maximum atomic E-state index is 13.1. The van der Waals surface area contributed by atoms with Crippen molar-refractivity contribution in [3.05, 3.63) is 40.1 Å². The minimum atomic E-state index is -0.512. The Morgan fingerprint density at radius 1 is 1.38 bits per heavy atom. The first kappa shape index (κ1) is 11.1. The molecule has 0 saturated heterocycles. The number of nitrogen functional groups attached to an aromatic ring is 1. The quantitative estimate of drug-likeness (QED) is 0.679. The number of nitrogens with two attached hydrogens (primary N) is 1. The third-order valence-corrected chi connectivity index (χ3v) is 2.56. The predicted octanol–water partition coefficient (Wildman–Crippen LogP) is 2.59. The summed E-state index contributed by atoms with van der Waals surface area (Å²) in [6.07, 6.45) is 2.97. The number of nitrogens with zero attached hydrogens (tertiary/aromatic N) is 2. The summed E-state index contributed by atoms with van der Waals surface area (Å²) in [4.78, 5) is 7.76. The average molecular weight is 331 g/mol. The lowest BCUT2D eigenvalue weighted by Gasteiger charge is -2.06. The van der Waals surface area contributed by atoms with E-state index in [4.69, 9.17) is 10.5 Å². The van der Waals surface area contributed by atoms with Crippen LogP contribution in [0, 0.1) is 9.39 Å². The Morgan fingerprint density at radius 3 is 2.88 bits per heavy atom. The van der Waals surface area contributed by atoms with Gasteiger partial charge in [0, 0.05) is 12.3 Å². The van der Waals surface area contributed by atoms with Gasteiger partial charge < -0.3 is 10.5 Å². The smallest absolute Gasteiger partial charge is 0.235 e. The van der Waals surface area contributed by atoms with E-state index in [1.807, 2.05) is 22.6 Å². The fourth-order valence-corrected chi connectivity index (χ4v) is 1.47. The van der Waals surface area contributed by atoms with Gasteiger partial charge in [0.05, 0.1) is 9.26 Å². The molecule has 0 bridgehead atoms. The van der Waals surface area contributed by atoms with Gasteiger partial charge in [-0.1, -0.05) is 0 Å². The monoisotopic (exact) mass is 331 g/mol. The second-order valence-corrected chi connectivity index (χ2v) is 4.12. The molecule has 0 saturated carbocycles. The zero-order valence-electron chi connectivity index (χ0n) is 8.02. The van der Waals surface area contributed by atoms with Crippen molar-refractivity contribution < 1.29 is 9.13 Å². The molecule has 1 aromatic carbocycles. The highest BCUT2D eigenvalue weighted by atomic mass is 127. The number of hydrogen-bond donors (Lipinski definition) is 1. The maximum Gasteiger partial charge on any atom is 0.235 e. The van der Waals surface area contributed by atoms with Crippen molar-refractivity contribution in [1.29, 1.82) is 0 Å². The van der Waals surface area contributed by atoms with Crippen molar-refractivity contribution in [2.45, 2.75) is 0 Å². The summed E-state index contributed by atoms with van der Waals surface area (Å²) < 4.78 is 19.3. The summed E-state index contributed by atoms with van der Waals surface area (Å²) in [5, 5.41) is 0. The molecule has 1 aromatic heterocycles. The van der Waals surface area contributed by atoms with Gasteiger partial charge in [-0.3, -0.25) is 0 Å². The Labute approximate surface area is 105 Å². The average Bonchev–Trinajstić information content (AvgIpc) is 2.27.